The van der Waals surface area contributed by atoms with Gasteiger partial charge in [-0.1, -0.05) is 18.2 Å². The second-order valence-corrected chi connectivity index (χ2v) is 9.21. The summed E-state index contributed by atoms with van der Waals surface area (Å²) in [7, 11) is 0. The van der Waals surface area contributed by atoms with Crippen molar-refractivity contribution in [2.45, 2.75) is 25.4 Å². The summed E-state index contributed by atoms with van der Waals surface area (Å²) in [6, 6.07) is 9.01. The SMILES string of the molecule is [2H]c1ccc(-n2nc(C)cc2N2CCN([C@]3([2H])CN[C@H](C(=O)N4CCSC4)C3)CC2)cc1. The lowest BCUT2D eigenvalue weighted by Gasteiger charge is -2.38. The molecule has 2 atom stereocenters. The van der Waals surface area contributed by atoms with Crippen LogP contribution in [0.5, 0.6) is 0 Å². The minimum absolute atomic E-state index is 0.154. The maximum absolute atomic E-state index is 12.8. The van der Waals surface area contributed by atoms with Crippen molar-refractivity contribution in [1.82, 2.24) is 24.9 Å². The Labute approximate surface area is 185 Å². The summed E-state index contributed by atoms with van der Waals surface area (Å²) in [6.45, 7) is 6.52. The third-order valence-electron chi connectivity index (χ3n) is 6.16. The number of hydrogen-bond acceptors (Lipinski definition) is 6. The summed E-state index contributed by atoms with van der Waals surface area (Å²) in [4.78, 5) is 19.2. The number of thioether (sulfide) groups is 1. The smallest absolute Gasteiger partial charge is 0.240 e. The largest absolute Gasteiger partial charge is 0.354 e. The standard InChI is InChI=1S/C22H30N6OS/c1-17-13-21(28(24-17)18-5-3-2-4-6-18)26-9-7-25(8-10-26)19-14-20(23-15-19)22(29)27-11-12-30-16-27/h2-6,13,19-20,23H,7-12,14-16H2,1H3/t19-,20-/m0/s1/i2D,19D. The molecular weight excluding hydrogens is 396 g/mol. The van der Waals surface area contributed by atoms with E-state index in [0.717, 1.165) is 61.6 Å². The maximum Gasteiger partial charge on any atom is 0.240 e. The van der Waals surface area contributed by atoms with E-state index in [-0.39, 0.29) is 11.9 Å². The Bertz CT molecular complexity index is 971. The average molecular weight is 429 g/mol. The zero-order valence-electron chi connectivity index (χ0n) is 19.4. The quantitative estimate of drug-likeness (QED) is 0.798. The molecule has 2 aromatic rings. The summed E-state index contributed by atoms with van der Waals surface area (Å²) in [5, 5.41) is 8.00. The molecule has 1 N–H and O–H groups in total. The van der Waals surface area contributed by atoms with Gasteiger partial charge < -0.3 is 15.1 Å². The van der Waals surface area contributed by atoms with Crippen molar-refractivity contribution in [3.63, 3.8) is 0 Å². The molecule has 1 aromatic heterocycles. The van der Waals surface area contributed by atoms with E-state index in [1.807, 2.05) is 28.6 Å². The summed E-state index contributed by atoms with van der Waals surface area (Å²) in [5.74, 6) is 2.98. The normalized spacial score (nSPS) is 28.6. The lowest BCUT2D eigenvalue weighted by Crippen LogP contribution is -2.51. The van der Waals surface area contributed by atoms with Gasteiger partial charge in [-0.15, -0.1) is 11.8 Å². The third kappa shape index (κ3) is 3.96. The molecule has 4 heterocycles. The molecule has 7 nitrogen and oxygen atoms in total. The molecule has 160 valence electrons. The Morgan fingerprint density at radius 3 is 2.80 bits per heavy atom. The van der Waals surface area contributed by atoms with Crippen LogP contribution in [0.3, 0.4) is 0 Å². The number of amides is 1. The molecule has 3 aliphatic heterocycles. The van der Waals surface area contributed by atoms with Crippen LogP contribution in [0.4, 0.5) is 5.82 Å². The van der Waals surface area contributed by atoms with E-state index in [2.05, 4.69) is 26.3 Å². The van der Waals surface area contributed by atoms with Crippen molar-refractivity contribution >= 4 is 23.5 Å². The van der Waals surface area contributed by atoms with Gasteiger partial charge in [-0.25, -0.2) is 4.68 Å². The fourth-order valence-electron chi connectivity index (χ4n) is 4.52. The van der Waals surface area contributed by atoms with E-state index < -0.39 is 6.02 Å². The van der Waals surface area contributed by atoms with Crippen LogP contribution in [0.2, 0.25) is 0 Å². The topological polar surface area (TPSA) is 56.6 Å². The predicted octanol–water partition coefficient (Wildman–Crippen LogP) is 1.57. The molecule has 3 fully saturated rings. The molecular formula is C22H30N6OS. The molecule has 3 aliphatic rings. The summed E-state index contributed by atoms with van der Waals surface area (Å²) in [5.41, 5.74) is 1.90. The van der Waals surface area contributed by atoms with Crippen molar-refractivity contribution in [1.29, 1.82) is 0 Å². The van der Waals surface area contributed by atoms with Gasteiger partial charge in [-0.05, 0) is 25.5 Å². The number of aryl methyl sites for hydroxylation is 1. The van der Waals surface area contributed by atoms with Crippen LogP contribution in [-0.2, 0) is 4.79 Å². The van der Waals surface area contributed by atoms with Gasteiger partial charge in [0.2, 0.25) is 5.91 Å². The van der Waals surface area contributed by atoms with E-state index in [1.54, 1.807) is 23.9 Å². The number of para-hydroxylation sites is 1. The molecule has 0 radical (unpaired) electrons. The molecule has 8 heteroatoms. The fourth-order valence-corrected chi connectivity index (χ4v) is 5.47. The highest BCUT2D eigenvalue weighted by atomic mass is 32.2. The first-order valence-corrected chi connectivity index (χ1v) is 11.8. The van der Waals surface area contributed by atoms with E-state index in [9.17, 15) is 4.79 Å². The van der Waals surface area contributed by atoms with E-state index in [1.165, 1.54) is 0 Å². The number of nitrogens with zero attached hydrogens (tertiary/aromatic N) is 5. The fraction of sp³-hybridized carbons (Fsp3) is 0.545. The molecule has 1 aromatic carbocycles. The van der Waals surface area contributed by atoms with Gasteiger partial charge in [-0.2, -0.15) is 5.10 Å². The number of aromatic nitrogens is 2. The predicted molar refractivity (Wildman–Crippen MR) is 121 cm³/mol. The van der Waals surface area contributed by atoms with Gasteiger partial charge in [-0.3, -0.25) is 9.69 Å². The maximum atomic E-state index is 12.8. The molecule has 0 saturated carbocycles. The number of piperazine rings is 1. The van der Waals surface area contributed by atoms with Crippen molar-refractivity contribution in [2.75, 3.05) is 55.8 Å². The van der Waals surface area contributed by atoms with Gasteiger partial charge in [0.15, 0.2) is 0 Å². The van der Waals surface area contributed by atoms with Crippen LogP contribution >= 0.6 is 11.8 Å². The lowest BCUT2D eigenvalue weighted by atomic mass is 10.1. The third-order valence-corrected chi connectivity index (χ3v) is 7.13. The van der Waals surface area contributed by atoms with Crippen LogP contribution in [0.25, 0.3) is 5.69 Å². The molecule has 0 spiro atoms. The van der Waals surface area contributed by atoms with Crippen LogP contribution < -0.4 is 10.2 Å². The zero-order chi connectivity index (χ0) is 22.3. The minimum Gasteiger partial charge on any atom is -0.354 e. The molecule has 30 heavy (non-hydrogen) atoms. The zero-order valence-corrected chi connectivity index (χ0v) is 18.2. The van der Waals surface area contributed by atoms with Crippen molar-refractivity contribution in [3.8, 4) is 5.69 Å². The number of hydrogen-bond donors (Lipinski definition) is 1. The van der Waals surface area contributed by atoms with Gasteiger partial charge in [0.25, 0.3) is 0 Å². The summed E-state index contributed by atoms with van der Waals surface area (Å²) < 4.78 is 18.7. The molecule has 0 unspecified atom stereocenters. The first-order valence-electron chi connectivity index (χ1n) is 11.7. The Balaban J connectivity index is 1.24. The molecule has 1 amide bonds. The highest BCUT2D eigenvalue weighted by molar-refractivity contribution is 7.99. The van der Waals surface area contributed by atoms with Crippen molar-refractivity contribution in [3.05, 3.63) is 42.1 Å². The number of rotatable bonds is 4. The Morgan fingerprint density at radius 1 is 1.27 bits per heavy atom. The molecule has 5 rings (SSSR count). The number of carbonyl (C=O) groups is 1. The highest BCUT2D eigenvalue weighted by Crippen LogP contribution is 2.25. The van der Waals surface area contributed by atoms with Crippen LogP contribution in [0.15, 0.2) is 36.4 Å². The number of anilines is 1. The van der Waals surface area contributed by atoms with Crippen LogP contribution in [0, 0.1) is 6.92 Å². The number of benzene rings is 1. The van der Waals surface area contributed by atoms with Gasteiger partial charge in [0.05, 0.1) is 24.7 Å². The highest BCUT2D eigenvalue weighted by Gasteiger charge is 2.36. The molecule has 0 aliphatic carbocycles. The Morgan fingerprint density at radius 2 is 2.07 bits per heavy atom. The summed E-state index contributed by atoms with van der Waals surface area (Å²) >= 11 is 1.80. The Kier molecular flexibility index (Phi) is 5.06. The van der Waals surface area contributed by atoms with E-state index in [0.29, 0.717) is 19.0 Å². The number of nitrogens with one attached hydrogen (secondary N) is 1. The molecule has 3 saturated heterocycles. The first-order chi connectivity index (χ1) is 15.4. The minimum atomic E-state index is -0.737. The van der Waals surface area contributed by atoms with Crippen LogP contribution in [0.1, 0.15) is 14.9 Å². The Hall–Kier alpha value is -2.03. The summed E-state index contributed by atoms with van der Waals surface area (Å²) in [6.07, 6.45) is 0.545. The first kappa shape index (κ1) is 17.6. The van der Waals surface area contributed by atoms with Gasteiger partial charge >= 0.3 is 0 Å². The van der Waals surface area contributed by atoms with E-state index in [4.69, 9.17) is 2.74 Å². The van der Waals surface area contributed by atoms with Crippen LogP contribution in [-0.4, -0.2) is 88.4 Å². The van der Waals surface area contributed by atoms with Gasteiger partial charge in [0.1, 0.15) is 5.82 Å². The second kappa shape index (κ2) is 8.61. The molecule has 0 bridgehead atoms. The lowest BCUT2D eigenvalue weighted by molar-refractivity contribution is -0.131. The van der Waals surface area contributed by atoms with E-state index >= 15 is 0 Å². The number of carbonyl (C=O) groups excluding carboxylic acids is 1. The van der Waals surface area contributed by atoms with Crippen molar-refractivity contribution in [2.24, 2.45) is 0 Å². The monoisotopic (exact) mass is 428 g/mol. The van der Waals surface area contributed by atoms with Crippen molar-refractivity contribution < 1.29 is 7.54 Å². The van der Waals surface area contributed by atoms with Gasteiger partial charge in [0, 0.05) is 58.5 Å². The second-order valence-electron chi connectivity index (χ2n) is 8.13. The average Bonchev–Trinajstić information content (AvgIpc) is 3.55.